The molecule has 32 heavy (non-hydrogen) atoms. The average molecular weight is 455 g/mol. The van der Waals surface area contributed by atoms with Crippen LogP contribution >= 0.6 is 11.6 Å². The molecular weight excluding hydrogens is 437 g/mol. The molecule has 1 amide bonds. The number of hydrogen-bond donors (Lipinski definition) is 2. The molecule has 0 radical (unpaired) electrons. The first-order chi connectivity index (χ1) is 15.4. The second kappa shape index (κ2) is 9.19. The molecule has 4 rings (SSSR count). The van der Waals surface area contributed by atoms with Gasteiger partial charge in [0, 0.05) is 23.1 Å². The lowest BCUT2D eigenvalue weighted by molar-refractivity contribution is -0.305. The molecule has 10 heteroatoms. The summed E-state index contributed by atoms with van der Waals surface area (Å²) >= 11 is 6.00. The lowest BCUT2D eigenvalue weighted by Crippen LogP contribution is -2.22. The number of fused-ring (bicyclic) bond motifs is 1. The highest BCUT2D eigenvalue weighted by atomic mass is 35.5. The predicted molar refractivity (Wildman–Crippen MR) is 115 cm³/mol. The molecule has 0 unspecified atom stereocenters. The first-order valence-electron chi connectivity index (χ1n) is 9.85. The zero-order valence-corrected chi connectivity index (χ0v) is 17.5. The van der Waals surface area contributed by atoms with Gasteiger partial charge < -0.3 is 15.2 Å². The predicted octanol–water partition coefficient (Wildman–Crippen LogP) is 2.99. The molecule has 1 atom stereocenters. The Kier molecular flexibility index (Phi) is 6.18. The number of rotatable bonds is 7. The van der Waals surface area contributed by atoms with Crippen LogP contribution in [0, 0.1) is 5.82 Å². The highest BCUT2D eigenvalue weighted by molar-refractivity contribution is 6.30. The highest BCUT2D eigenvalue weighted by Crippen LogP contribution is 2.33. The molecule has 2 N–H and O–H groups in total. The van der Waals surface area contributed by atoms with Crippen LogP contribution in [0.1, 0.15) is 36.4 Å². The quantitative estimate of drug-likeness (QED) is 0.567. The molecule has 3 aromatic rings. The van der Waals surface area contributed by atoms with Crippen LogP contribution in [-0.2, 0) is 9.59 Å². The van der Waals surface area contributed by atoms with E-state index in [4.69, 9.17) is 11.6 Å². The van der Waals surface area contributed by atoms with E-state index in [9.17, 15) is 19.1 Å². The lowest BCUT2D eigenvalue weighted by Gasteiger charge is -2.24. The number of hydrogen-bond acceptors (Lipinski definition) is 6. The number of halogens is 2. The van der Waals surface area contributed by atoms with Gasteiger partial charge in [0.2, 0.25) is 11.9 Å². The SMILES string of the molecule is O=C([O-])CCCC(=O)Nc1nc2n(n1)[C@@H](c1ccc(F)cc1)C=C(c1ccc(Cl)cc1)N2. The molecule has 1 aliphatic heterocycles. The molecule has 2 aromatic carbocycles. The summed E-state index contributed by atoms with van der Waals surface area (Å²) in [6.45, 7) is 0. The van der Waals surface area contributed by atoms with Gasteiger partial charge in [0.25, 0.3) is 5.95 Å². The molecule has 0 aliphatic carbocycles. The maximum Gasteiger partial charge on any atom is 0.250 e. The van der Waals surface area contributed by atoms with Gasteiger partial charge in [-0.3, -0.25) is 10.1 Å². The van der Waals surface area contributed by atoms with Crippen molar-refractivity contribution in [3.05, 3.63) is 76.6 Å². The van der Waals surface area contributed by atoms with Gasteiger partial charge in [0.15, 0.2) is 0 Å². The lowest BCUT2D eigenvalue weighted by atomic mass is 10.0. The van der Waals surface area contributed by atoms with Gasteiger partial charge in [-0.1, -0.05) is 35.9 Å². The first kappa shape index (κ1) is 21.5. The minimum atomic E-state index is -1.21. The standard InChI is InChI=1S/C22H19ClFN5O3/c23-15-8-4-13(5-9-15)17-12-18(14-6-10-16(24)11-7-14)29-22(25-17)27-21(28-29)26-19(30)2-1-3-20(31)32/h4-12,18H,1-3H2,(H,31,32)(H2,25,26,27,28,30)/p-1/t18-/m1/s1. The number of benzene rings is 2. The molecular formula is C22H18ClFN5O3-. The smallest absolute Gasteiger partial charge is 0.250 e. The van der Waals surface area contributed by atoms with Crippen molar-refractivity contribution in [1.29, 1.82) is 0 Å². The third-order valence-electron chi connectivity index (χ3n) is 4.87. The molecule has 164 valence electrons. The Morgan fingerprint density at radius 2 is 1.84 bits per heavy atom. The van der Waals surface area contributed by atoms with Gasteiger partial charge in [-0.25, -0.2) is 9.07 Å². The van der Waals surface area contributed by atoms with Crippen molar-refractivity contribution in [2.75, 3.05) is 10.6 Å². The Morgan fingerprint density at radius 3 is 2.53 bits per heavy atom. The Bertz CT molecular complexity index is 1180. The van der Waals surface area contributed by atoms with E-state index in [1.165, 1.54) is 12.1 Å². The Labute approximate surface area is 187 Å². The van der Waals surface area contributed by atoms with E-state index >= 15 is 0 Å². The van der Waals surface area contributed by atoms with E-state index in [2.05, 4.69) is 20.7 Å². The minimum absolute atomic E-state index is 0.000940. The van der Waals surface area contributed by atoms with Crippen LogP contribution in [0.2, 0.25) is 5.02 Å². The molecule has 8 nitrogen and oxygen atoms in total. The minimum Gasteiger partial charge on any atom is -0.550 e. The summed E-state index contributed by atoms with van der Waals surface area (Å²) < 4.78 is 15.1. The molecule has 0 bridgehead atoms. The zero-order chi connectivity index (χ0) is 22.7. The van der Waals surface area contributed by atoms with Crippen LogP contribution in [0.3, 0.4) is 0 Å². The number of carbonyl (C=O) groups excluding carboxylic acids is 2. The van der Waals surface area contributed by atoms with Crippen LogP contribution in [0.25, 0.3) is 5.70 Å². The largest absolute Gasteiger partial charge is 0.550 e. The number of amides is 1. The Balaban J connectivity index is 1.62. The number of carbonyl (C=O) groups is 2. The number of anilines is 2. The van der Waals surface area contributed by atoms with Gasteiger partial charge in [-0.2, -0.15) is 4.98 Å². The summed E-state index contributed by atoms with van der Waals surface area (Å²) in [4.78, 5) is 27.0. The number of aliphatic carboxylic acids is 1. The molecule has 0 spiro atoms. The van der Waals surface area contributed by atoms with Crippen LogP contribution < -0.4 is 15.7 Å². The summed E-state index contributed by atoms with van der Waals surface area (Å²) in [5.74, 6) is -1.51. The van der Waals surface area contributed by atoms with Crippen molar-refractivity contribution in [2.45, 2.75) is 25.3 Å². The van der Waals surface area contributed by atoms with E-state index in [1.807, 2.05) is 18.2 Å². The molecule has 1 aliphatic rings. The fourth-order valence-electron chi connectivity index (χ4n) is 3.32. The van der Waals surface area contributed by atoms with Crippen LogP contribution in [0.15, 0.2) is 54.6 Å². The van der Waals surface area contributed by atoms with Crippen molar-refractivity contribution in [3.63, 3.8) is 0 Å². The van der Waals surface area contributed by atoms with Crippen LogP contribution in [0.5, 0.6) is 0 Å². The Morgan fingerprint density at radius 1 is 1.12 bits per heavy atom. The van der Waals surface area contributed by atoms with Crippen molar-refractivity contribution in [1.82, 2.24) is 14.8 Å². The van der Waals surface area contributed by atoms with Crippen molar-refractivity contribution < 1.29 is 19.1 Å². The maximum absolute atomic E-state index is 13.5. The molecule has 0 saturated heterocycles. The van der Waals surface area contributed by atoms with E-state index in [0.29, 0.717) is 11.0 Å². The average Bonchev–Trinajstić information content (AvgIpc) is 3.16. The zero-order valence-electron chi connectivity index (χ0n) is 16.7. The van der Waals surface area contributed by atoms with Crippen LogP contribution in [0.4, 0.5) is 16.3 Å². The number of nitrogens with zero attached hydrogens (tertiary/aromatic N) is 3. The fourth-order valence-corrected chi connectivity index (χ4v) is 3.45. The number of carboxylic acids is 1. The summed E-state index contributed by atoms with van der Waals surface area (Å²) in [6.07, 6.45) is 1.87. The van der Waals surface area contributed by atoms with Gasteiger partial charge in [0.05, 0.1) is 0 Å². The number of carboxylic acid groups (broad SMARTS) is 1. The number of nitrogens with one attached hydrogen (secondary N) is 2. The van der Waals surface area contributed by atoms with E-state index in [-0.39, 0.29) is 31.0 Å². The topological polar surface area (TPSA) is 112 Å². The number of aromatic nitrogens is 3. The van der Waals surface area contributed by atoms with Gasteiger partial charge in [-0.15, -0.1) is 5.10 Å². The Hall–Kier alpha value is -3.72. The normalized spacial score (nSPS) is 14.8. The molecule has 0 fully saturated rings. The monoisotopic (exact) mass is 454 g/mol. The second-order valence-electron chi connectivity index (χ2n) is 7.19. The van der Waals surface area contributed by atoms with Gasteiger partial charge in [-0.05, 0) is 54.3 Å². The van der Waals surface area contributed by atoms with E-state index in [1.54, 1.807) is 28.9 Å². The van der Waals surface area contributed by atoms with Crippen molar-refractivity contribution in [3.8, 4) is 0 Å². The molecule has 2 heterocycles. The molecule has 1 aromatic heterocycles. The highest BCUT2D eigenvalue weighted by Gasteiger charge is 2.26. The van der Waals surface area contributed by atoms with Crippen LogP contribution in [-0.4, -0.2) is 26.6 Å². The summed E-state index contributed by atoms with van der Waals surface area (Å²) in [7, 11) is 0. The summed E-state index contributed by atoms with van der Waals surface area (Å²) in [6, 6.07) is 12.9. The second-order valence-corrected chi connectivity index (χ2v) is 7.62. The molecule has 0 saturated carbocycles. The van der Waals surface area contributed by atoms with Crippen molar-refractivity contribution in [2.24, 2.45) is 0 Å². The summed E-state index contributed by atoms with van der Waals surface area (Å²) in [5, 5.41) is 21.3. The van der Waals surface area contributed by atoms with Crippen molar-refractivity contribution >= 4 is 41.1 Å². The van der Waals surface area contributed by atoms with E-state index in [0.717, 1.165) is 16.8 Å². The third kappa shape index (κ3) is 4.94. The fraction of sp³-hybridized carbons (Fsp3) is 0.182. The van der Waals surface area contributed by atoms with Gasteiger partial charge >= 0.3 is 0 Å². The number of allylic oxidation sites excluding steroid dienone is 1. The van der Waals surface area contributed by atoms with Gasteiger partial charge in [0.1, 0.15) is 11.9 Å². The van der Waals surface area contributed by atoms with E-state index < -0.39 is 17.9 Å². The maximum atomic E-state index is 13.5. The first-order valence-corrected chi connectivity index (χ1v) is 10.2. The summed E-state index contributed by atoms with van der Waals surface area (Å²) in [5.41, 5.74) is 2.39. The third-order valence-corrected chi connectivity index (χ3v) is 5.12.